The lowest BCUT2D eigenvalue weighted by Gasteiger charge is -2.25. The third kappa shape index (κ3) is 5.49. The van der Waals surface area contributed by atoms with Crippen molar-refractivity contribution in [2.24, 2.45) is 5.92 Å². The molecule has 0 spiro atoms. The maximum atomic E-state index is 5.64. The van der Waals surface area contributed by atoms with Crippen molar-refractivity contribution in [1.29, 1.82) is 0 Å². The minimum absolute atomic E-state index is 0.475. The molecule has 1 aromatic carbocycles. The Kier molecular flexibility index (Phi) is 8.48. The Morgan fingerprint density at radius 2 is 1.76 bits per heavy atom. The van der Waals surface area contributed by atoms with Crippen LogP contribution in [0.1, 0.15) is 90.3 Å². The second-order valence-corrected chi connectivity index (χ2v) is 7.68. The van der Waals surface area contributed by atoms with Gasteiger partial charge in [-0.25, -0.2) is 0 Å². The van der Waals surface area contributed by atoms with Crippen LogP contribution in [-0.4, -0.2) is 7.11 Å². The van der Waals surface area contributed by atoms with Crippen LogP contribution in [-0.2, 0) is 0 Å². The van der Waals surface area contributed by atoms with Crippen molar-refractivity contribution in [1.82, 2.24) is 0 Å². The van der Waals surface area contributed by atoms with Gasteiger partial charge in [-0.3, -0.25) is 0 Å². The first-order valence-corrected chi connectivity index (χ1v) is 9.78. The fourth-order valence-corrected chi connectivity index (χ4v) is 3.41. The molecule has 2 atom stereocenters. The number of methoxy groups -OCH3 is 1. The zero-order valence-corrected chi connectivity index (χ0v) is 17.9. The van der Waals surface area contributed by atoms with Gasteiger partial charge in [-0.15, -0.1) is 0 Å². The van der Waals surface area contributed by atoms with Gasteiger partial charge in [0.15, 0.2) is 0 Å². The highest BCUT2D eigenvalue weighted by molar-refractivity contribution is 5.74. The summed E-state index contributed by atoms with van der Waals surface area (Å²) < 4.78 is 5.64. The third-order valence-corrected chi connectivity index (χ3v) is 5.36. The van der Waals surface area contributed by atoms with Gasteiger partial charge in [0.2, 0.25) is 0 Å². The highest BCUT2D eigenvalue weighted by Crippen LogP contribution is 2.39. The summed E-state index contributed by atoms with van der Waals surface area (Å²) >= 11 is 0. The van der Waals surface area contributed by atoms with Gasteiger partial charge in [0, 0.05) is 0 Å². The lowest BCUT2D eigenvalue weighted by Crippen LogP contribution is -2.07. The Hall–Kier alpha value is -1.50. The topological polar surface area (TPSA) is 9.23 Å². The molecule has 0 aromatic heterocycles. The van der Waals surface area contributed by atoms with Gasteiger partial charge in [0.05, 0.1) is 7.11 Å². The van der Waals surface area contributed by atoms with Gasteiger partial charge in [-0.1, -0.05) is 44.9 Å². The predicted octanol–water partition coefficient (Wildman–Crippen LogP) is 7.69. The first-order valence-electron chi connectivity index (χ1n) is 9.78. The summed E-state index contributed by atoms with van der Waals surface area (Å²) in [5.74, 6) is 2.05. The number of hydrogen-bond donors (Lipinski definition) is 0. The molecule has 0 heterocycles. The number of hydrogen-bond acceptors (Lipinski definition) is 1. The minimum atomic E-state index is 0.475. The van der Waals surface area contributed by atoms with E-state index < -0.39 is 0 Å². The van der Waals surface area contributed by atoms with E-state index in [0.29, 0.717) is 11.8 Å². The number of rotatable bonds is 8. The van der Waals surface area contributed by atoms with Crippen LogP contribution in [0.25, 0.3) is 5.57 Å². The van der Waals surface area contributed by atoms with E-state index in [9.17, 15) is 0 Å². The van der Waals surface area contributed by atoms with Crippen LogP contribution in [0, 0.1) is 12.8 Å². The molecule has 0 saturated heterocycles. The molecule has 25 heavy (non-hydrogen) atoms. The maximum Gasteiger partial charge on any atom is 0.122 e. The van der Waals surface area contributed by atoms with E-state index in [1.165, 1.54) is 39.8 Å². The molecular weight excluding hydrogens is 304 g/mol. The summed E-state index contributed by atoms with van der Waals surface area (Å²) in [5.41, 5.74) is 8.50. The first kappa shape index (κ1) is 21.5. The number of allylic oxidation sites excluding steroid dienone is 4. The monoisotopic (exact) mass is 342 g/mol. The van der Waals surface area contributed by atoms with Gasteiger partial charge in [-0.2, -0.15) is 0 Å². The third-order valence-electron chi connectivity index (χ3n) is 5.36. The van der Waals surface area contributed by atoms with Crippen molar-refractivity contribution in [3.63, 3.8) is 0 Å². The molecule has 0 fully saturated rings. The van der Waals surface area contributed by atoms with Crippen molar-refractivity contribution in [2.75, 3.05) is 7.11 Å². The number of benzene rings is 1. The van der Waals surface area contributed by atoms with Gasteiger partial charge >= 0.3 is 0 Å². The van der Waals surface area contributed by atoms with Crippen molar-refractivity contribution in [3.8, 4) is 5.75 Å². The average molecular weight is 343 g/mol. The zero-order valence-electron chi connectivity index (χ0n) is 17.9. The Morgan fingerprint density at radius 1 is 1.12 bits per heavy atom. The lowest BCUT2D eigenvalue weighted by molar-refractivity contribution is 0.410. The molecule has 0 N–H and O–H groups in total. The van der Waals surface area contributed by atoms with Crippen LogP contribution >= 0.6 is 0 Å². The zero-order chi connectivity index (χ0) is 19.1. The van der Waals surface area contributed by atoms with Crippen LogP contribution < -0.4 is 4.74 Å². The Balaban J connectivity index is 3.60. The van der Waals surface area contributed by atoms with Crippen LogP contribution in [0.15, 0.2) is 29.4 Å². The van der Waals surface area contributed by atoms with E-state index in [1.54, 1.807) is 7.11 Å². The average Bonchev–Trinajstić information content (AvgIpc) is 2.59. The highest BCUT2D eigenvalue weighted by Gasteiger charge is 2.20. The second-order valence-electron chi connectivity index (χ2n) is 7.68. The summed E-state index contributed by atoms with van der Waals surface area (Å²) in [4.78, 5) is 0. The first-order chi connectivity index (χ1) is 11.8. The summed E-state index contributed by atoms with van der Waals surface area (Å²) in [6, 6.07) is 4.63. The summed E-state index contributed by atoms with van der Waals surface area (Å²) in [6.07, 6.45) is 5.69. The highest BCUT2D eigenvalue weighted by atomic mass is 16.5. The van der Waals surface area contributed by atoms with Crippen LogP contribution in [0.5, 0.6) is 5.75 Å². The van der Waals surface area contributed by atoms with Crippen LogP contribution in [0.4, 0.5) is 0 Å². The van der Waals surface area contributed by atoms with E-state index in [0.717, 1.165) is 18.6 Å². The van der Waals surface area contributed by atoms with Crippen molar-refractivity contribution < 1.29 is 4.74 Å². The van der Waals surface area contributed by atoms with Gasteiger partial charge in [0.1, 0.15) is 5.75 Å². The molecular formula is C24H38O. The van der Waals surface area contributed by atoms with Crippen LogP contribution in [0.2, 0.25) is 0 Å². The van der Waals surface area contributed by atoms with E-state index in [4.69, 9.17) is 4.74 Å². The molecule has 1 aromatic rings. The van der Waals surface area contributed by atoms with Crippen molar-refractivity contribution in [3.05, 3.63) is 46.0 Å². The summed E-state index contributed by atoms with van der Waals surface area (Å²) in [5, 5.41) is 0. The molecule has 0 bridgehead atoms. The van der Waals surface area contributed by atoms with Crippen molar-refractivity contribution in [2.45, 2.75) is 80.6 Å². The molecule has 1 heteroatoms. The predicted molar refractivity (Wildman–Crippen MR) is 113 cm³/mol. The van der Waals surface area contributed by atoms with E-state index in [-0.39, 0.29) is 0 Å². The van der Waals surface area contributed by atoms with E-state index in [2.05, 4.69) is 73.6 Å². The molecule has 0 aliphatic carbocycles. The minimum Gasteiger partial charge on any atom is -0.496 e. The SMILES string of the molecule is CC/C(C)=C(\c1cc(C)c(OC)cc1C(C)CC=C(C)C)C(C)CC. The van der Waals surface area contributed by atoms with Gasteiger partial charge in [-0.05, 0) is 93.2 Å². The van der Waals surface area contributed by atoms with E-state index >= 15 is 0 Å². The molecule has 1 nitrogen and oxygen atoms in total. The number of ether oxygens (including phenoxy) is 1. The quantitative estimate of drug-likeness (QED) is 0.440. The summed E-state index contributed by atoms with van der Waals surface area (Å²) in [7, 11) is 1.77. The Bertz CT molecular complexity index is 630. The summed E-state index contributed by atoms with van der Waals surface area (Å²) in [6.45, 7) is 18.1. The molecule has 0 saturated carbocycles. The smallest absolute Gasteiger partial charge is 0.122 e. The van der Waals surface area contributed by atoms with Crippen LogP contribution in [0.3, 0.4) is 0 Å². The molecule has 2 unspecified atom stereocenters. The molecule has 1 rings (SSSR count). The largest absolute Gasteiger partial charge is 0.496 e. The number of aryl methyl sites for hydroxylation is 1. The lowest BCUT2D eigenvalue weighted by atomic mass is 9.80. The fourth-order valence-electron chi connectivity index (χ4n) is 3.41. The Labute approximate surface area is 156 Å². The van der Waals surface area contributed by atoms with Gasteiger partial charge in [0.25, 0.3) is 0 Å². The molecule has 140 valence electrons. The standard InChI is InChI=1S/C24H38O/c1-10-17(5)24(18(6)11-2)22-14-20(8)23(25-9)15-21(22)19(7)13-12-16(3)4/h12,14-15,17,19H,10-11,13H2,1-9H3/b24-18-. The normalized spacial score (nSPS) is 14.6. The maximum absolute atomic E-state index is 5.64. The second kappa shape index (κ2) is 9.85. The Morgan fingerprint density at radius 3 is 2.24 bits per heavy atom. The molecule has 0 aliphatic rings. The molecule has 0 aliphatic heterocycles. The molecule has 0 amide bonds. The molecule has 0 radical (unpaired) electrons. The fraction of sp³-hybridized carbons (Fsp3) is 0.583. The van der Waals surface area contributed by atoms with Crippen molar-refractivity contribution >= 4 is 5.57 Å². The van der Waals surface area contributed by atoms with E-state index in [1.807, 2.05) is 0 Å². The van der Waals surface area contributed by atoms with Gasteiger partial charge < -0.3 is 4.74 Å².